The number of anilines is 1. The van der Waals surface area contributed by atoms with Gasteiger partial charge in [-0.1, -0.05) is 68.2 Å². The molecule has 9 nitrogen and oxygen atoms in total. The predicted molar refractivity (Wildman–Crippen MR) is 137 cm³/mol. The summed E-state index contributed by atoms with van der Waals surface area (Å²) in [6.07, 6.45) is 0.264. The minimum absolute atomic E-state index is 0.0920. The molecule has 36 heavy (non-hydrogen) atoms. The first kappa shape index (κ1) is 28.7. The van der Waals surface area contributed by atoms with Crippen molar-refractivity contribution in [3.63, 3.8) is 0 Å². The number of carboxylic acids is 1. The first-order chi connectivity index (χ1) is 16.8. The molecule has 0 aliphatic rings. The van der Waals surface area contributed by atoms with Crippen molar-refractivity contribution in [1.82, 2.24) is 10.2 Å². The minimum atomic E-state index is -1.37. The zero-order chi connectivity index (χ0) is 27.2. The van der Waals surface area contributed by atoms with Crippen molar-refractivity contribution in [2.45, 2.75) is 32.7 Å². The number of aliphatic carboxylic acids is 1. The lowest BCUT2D eigenvalue weighted by molar-refractivity contribution is -0.138. The van der Waals surface area contributed by atoms with E-state index in [4.69, 9.17) is 28.3 Å². The van der Waals surface area contributed by atoms with Gasteiger partial charge in [-0.15, -0.1) is 0 Å². The van der Waals surface area contributed by atoms with Crippen molar-refractivity contribution in [3.8, 4) is 0 Å². The zero-order valence-electron chi connectivity index (χ0n) is 20.2. The number of halogens is 2. The first-order valence-corrected chi connectivity index (χ1v) is 11.5. The summed E-state index contributed by atoms with van der Waals surface area (Å²) >= 11 is 12.1. The number of carboxylic acid groups (broad SMARTS) is 1. The lowest BCUT2D eigenvalue weighted by Gasteiger charge is -2.24. The van der Waals surface area contributed by atoms with E-state index in [2.05, 4.69) is 0 Å². The third-order valence-corrected chi connectivity index (χ3v) is 5.75. The molecule has 0 saturated carbocycles. The number of amides is 3. The third-order valence-electron chi connectivity index (χ3n) is 5.21. The van der Waals surface area contributed by atoms with E-state index in [0.29, 0.717) is 10.6 Å². The summed E-state index contributed by atoms with van der Waals surface area (Å²) in [6.45, 7) is 5.17. The maximum atomic E-state index is 13.3. The number of nitrogens with one attached hydrogen (secondary N) is 1. The highest BCUT2D eigenvalue weighted by atomic mass is 35.5. The molecule has 0 aliphatic carbocycles. The fourth-order valence-electron chi connectivity index (χ4n) is 3.18. The maximum absolute atomic E-state index is 13.3. The lowest BCUT2D eigenvalue weighted by Crippen LogP contribution is -2.40. The molecular weight excluding hydrogens is 509 g/mol. The van der Waals surface area contributed by atoms with Crippen LogP contribution in [0, 0.1) is 0 Å². The second-order valence-corrected chi connectivity index (χ2v) is 9.76. The Morgan fingerprint density at radius 2 is 1.64 bits per heavy atom. The van der Waals surface area contributed by atoms with Gasteiger partial charge in [0.25, 0.3) is 11.8 Å². The maximum Gasteiger partial charge on any atom is 0.322 e. The molecule has 3 N–H and O–H groups in total. The number of aliphatic hydroxyl groups excluding tert-OH is 1. The van der Waals surface area contributed by atoms with E-state index < -0.39 is 35.8 Å². The van der Waals surface area contributed by atoms with Crippen LogP contribution in [-0.4, -0.2) is 52.9 Å². The van der Waals surface area contributed by atoms with E-state index in [9.17, 15) is 24.3 Å². The van der Waals surface area contributed by atoms with E-state index in [1.807, 2.05) is 38.2 Å². The molecule has 0 heterocycles. The van der Waals surface area contributed by atoms with Gasteiger partial charge in [0.2, 0.25) is 12.3 Å². The van der Waals surface area contributed by atoms with E-state index in [1.54, 1.807) is 12.1 Å². The van der Waals surface area contributed by atoms with Gasteiger partial charge >= 0.3 is 5.97 Å². The molecule has 0 aromatic heterocycles. The monoisotopic (exact) mass is 535 g/mol. The molecular formula is C25H27Cl2N3O6. The molecule has 0 atom stereocenters. The Kier molecular flexibility index (Phi) is 9.49. The molecule has 11 heteroatoms. The van der Waals surface area contributed by atoms with Gasteiger partial charge in [-0.3, -0.25) is 24.1 Å². The number of aliphatic hydroxyl groups is 1. The summed E-state index contributed by atoms with van der Waals surface area (Å²) in [5.74, 6) is -4.54. The highest BCUT2D eigenvalue weighted by molar-refractivity contribution is 6.37. The molecule has 0 unspecified atom stereocenters. The quantitative estimate of drug-likeness (QED) is 0.147. The van der Waals surface area contributed by atoms with Crippen molar-refractivity contribution in [3.05, 3.63) is 75.1 Å². The van der Waals surface area contributed by atoms with Crippen LogP contribution in [0.1, 0.15) is 31.9 Å². The molecule has 192 valence electrons. The highest BCUT2D eigenvalue weighted by Gasteiger charge is 2.31. The van der Waals surface area contributed by atoms with Crippen LogP contribution in [0.4, 0.5) is 5.69 Å². The van der Waals surface area contributed by atoms with Crippen molar-refractivity contribution >= 4 is 53.1 Å². The van der Waals surface area contributed by atoms with Crippen molar-refractivity contribution in [1.29, 1.82) is 0 Å². The minimum Gasteiger partial charge on any atom is -0.494 e. The van der Waals surface area contributed by atoms with Gasteiger partial charge < -0.3 is 20.4 Å². The van der Waals surface area contributed by atoms with Gasteiger partial charge in [-0.25, -0.2) is 0 Å². The summed E-state index contributed by atoms with van der Waals surface area (Å²) in [5, 5.41) is 22.3. The van der Waals surface area contributed by atoms with Crippen molar-refractivity contribution in [2.24, 2.45) is 0 Å². The standard InChI is InChI=1S/C25H27Cl2N3O6/c1-25(2,3)16-7-5-15(6-8-16)13-30(14-31)24(36)21(22(34)28-12-20(32)33)23(35)29(4)19-10-9-17(26)11-18(19)27/h5-11,14,36H,12-13H2,1-4H3,(H,28,34)(H,32,33). The number of benzene rings is 2. The summed E-state index contributed by atoms with van der Waals surface area (Å²) < 4.78 is 0. The molecule has 2 aromatic rings. The number of carbonyl (C=O) groups is 4. The van der Waals surface area contributed by atoms with Gasteiger partial charge in [0.05, 0.1) is 17.3 Å². The number of carbonyl (C=O) groups excluding carboxylic acids is 3. The number of rotatable bonds is 9. The molecule has 0 aliphatic heterocycles. The van der Waals surface area contributed by atoms with Crippen LogP contribution in [0.15, 0.2) is 53.9 Å². The van der Waals surface area contributed by atoms with Crippen LogP contribution in [-0.2, 0) is 31.1 Å². The predicted octanol–water partition coefficient (Wildman–Crippen LogP) is 3.88. The van der Waals surface area contributed by atoms with Gasteiger partial charge in [-0.2, -0.15) is 0 Å². The molecule has 2 rings (SSSR count). The molecule has 0 bridgehead atoms. The van der Waals surface area contributed by atoms with Crippen LogP contribution in [0.5, 0.6) is 0 Å². The largest absolute Gasteiger partial charge is 0.494 e. The molecule has 0 spiro atoms. The van der Waals surface area contributed by atoms with Crippen molar-refractivity contribution in [2.75, 3.05) is 18.5 Å². The van der Waals surface area contributed by atoms with E-state index in [0.717, 1.165) is 15.4 Å². The highest BCUT2D eigenvalue weighted by Crippen LogP contribution is 2.29. The van der Waals surface area contributed by atoms with Crippen molar-refractivity contribution < 1.29 is 29.4 Å². The smallest absolute Gasteiger partial charge is 0.322 e. The van der Waals surface area contributed by atoms with Crippen LogP contribution < -0.4 is 10.2 Å². The summed E-state index contributed by atoms with van der Waals surface area (Å²) in [5.41, 5.74) is 0.892. The number of nitrogens with zero attached hydrogens (tertiary/aromatic N) is 2. The number of hydrogen-bond donors (Lipinski definition) is 3. The fraction of sp³-hybridized carbons (Fsp3) is 0.280. The Hall–Kier alpha value is -3.56. The Morgan fingerprint density at radius 3 is 2.14 bits per heavy atom. The normalized spacial score (nSPS) is 11.8. The number of likely N-dealkylation sites (N-methyl/N-ethyl adjacent to an activating group) is 1. The molecule has 0 radical (unpaired) electrons. The Balaban J connectivity index is 2.48. The van der Waals surface area contributed by atoms with Crippen LogP contribution in [0.25, 0.3) is 0 Å². The first-order valence-electron chi connectivity index (χ1n) is 10.7. The summed E-state index contributed by atoms with van der Waals surface area (Å²) in [7, 11) is 1.30. The summed E-state index contributed by atoms with van der Waals surface area (Å²) in [6, 6.07) is 11.6. The molecule has 3 amide bonds. The third kappa shape index (κ3) is 7.22. The molecule has 0 saturated heterocycles. The average molecular weight is 536 g/mol. The van der Waals surface area contributed by atoms with E-state index in [1.165, 1.54) is 25.2 Å². The van der Waals surface area contributed by atoms with Gasteiger partial charge in [0, 0.05) is 12.1 Å². The SMILES string of the molecule is CN(C(=O)C(C(=O)NCC(=O)O)=C(O)N(C=O)Cc1ccc(C(C)(C)C)cc1)c1ccc(Cl)cc1Cl. The van der Waals surface area contributed by atoms with Gasteiger partial charge in [0.15, 0.2) is 5.57 Å². The van der Waals surface area contributed by atoms with Crippen LogP contribution >= 0.6 is 23.2 Å². The Labute approximate surface area is 218 Å². The van der Waals surface area contributed by atoms with Gasteiger partial charge in [-0.05, 0) is 34.7 Å². The summed E-state index contributed by atoms with van der Waals surface area (Å²) in [4.78, 5) is 50.7. The average Bonchev–Trinajstić information content (AvgIpc) is 2.80. The second-order valence-electron chi connectivity index (χ2n) is 8.92. The topological polar surface area (TPSA) is 127 Å². The van der Waals surface area contributed by atoms with E-state index >= 15 is 0 Å². The Bertz CT molecular complexity index is 1190. The van der Waals surface area contributed by atoms with Crippen LogP contribution in [0.2, 0.25) is 10.0 Å². The Morgan fingerprint density at radius 1 is 1.03 bits per heavy atom. The second kappa shape index (κ2) is 11.9. The fourth-order valence-corrected chi connectivity index (χ4v) is 3.72. The lowest BCUT2D eigenvalue weighted by atomic mass is 9.87. The molecule has 2 aromatic carbocycles. The van der Waals surface area contributed by atoms with E-state index in [-0.39, 0.29) is 29.1 Å². The van der Waals surface area contributed by atoms with Gasteiger partial charge in [0.1, 0.15) is 6.54 Å². The zero-order valence-corrected chi connectivity index (χ0v) is 21.7. The molecule has 0 fully saturated rings. The van der Waals surface area contributed by atoms with Crippen LogP contribution in [0.3, 0.4) is 0 Å². The number of hydrogen-bond acceptors (Lipinski definition) is 5.